The number of amides is 2. The first-order valence-electron chi connectivity index (χ1n) is 23.9. The Morgan fingerprint density at radius 3 is 2.20 bits per heavy atom. The van der Waals surface area contributed by atoms with Gasteiger partial charge in [-0.25, -0.2) is 4.79 Å². The van der Waals surface area contributed by atoms with E-state index in [0.29, 0.717) is 36.3 Å². The Bertz CT molecular complexity index is 3310. The lowest BCUT2D eigenvalue weighted by molar-refractivity contribution is -0.438. The van der Waals surface area contributed by atoms with Crippen molar-refractivity contribution in [2.24, 2.45) is 0 Å². The Morgan fingerprint density at radius 2 is 1.50 bits per heavy atom. The lowest BCUT2D eigenvalue weighted by Crippen LogP contribution is -2.31. The van der Waals surface area contributed by atoms with Gasteiger partial charge in [0, 0.05) is 72.1 Å². The van der Waals surface area contributed by atoms with Crippen LogP contribution in [0.25, 0.3) is 27.1 Å². The van der Waals surface area contributed by atoms with Crippen molar-refractivity contribution in [3.8, 4) is 0 Å². The van der Waals surface area contributed by atoms with Crippen LogP contribution in [0, 0.1) is 0 Å². The van der Waals surface area contributed by atoms with Gasteiger partial charge in [-0.1, -0.05) is 88.7 Å². The molecule has 70 heavy (non-hydrogen) atoms. The molecule has 15 heteroatoms. The largest absolute Gasteiger partial charge is 0.344 e. The fourth-order valence-electron chi connectivity index (χ4n) is 10.5. The van der Waals surface area contributed by atoms with Crippen molar-refractivity contribution in [2.75, 3.05) is 18.0 Å². The molecule has 0 unspecified atom stereocenters. The fraction of sp³-hybridized carbons (Fsp3) is 0.345. The molecule has 0 aliphatic carbocycles. The van der Waals surface area contributed by atoms with E-state index in [9.17, 15) is 40.3 Å². The molecule has 3 heterocycles. The summed E-state index contributed by atoms with van der Waals surface area (Å²) in [5.41, 5.74) is 7.55. The number of carbonyl (C=O) groups excluding carboxylic acids is 3. The van der Waals surface area contributed by atoms with Crippen LogP contribution in [0.3, 0.4) is 0 Å². The molecule has 0 radical (unpaired) electrons. The highest BCUT2D eigenvalue weighted by Crippen LogP contribution is 2.52. The zero-order valence-corrected chi connectivity index (χ0v) is 42.1. The van der Waals surface area contributed by atoms with Gasteiger partial charge in [-0.3, -0.25) is 18.7 Å². The number of imide groups is 1. The molecular weight excluding hydrogens is 927 g/mol. The van der Waals surface area contributed by atoms with Crippen LogP contribution in [-0.4, -0.2) is 72.2 Å². The number of aryl methyl sites for hydroxylation is 1. The molecule has 0 bridgehead atoms. The van der Waals surface area contributed by atoms with E-state index in [4.69, 9.17) is 4.84 Å². The van der Waals surface area contributed by atoms with Crippen molar-refractivity contribution < 1.29 is 49.7 Å². The summed E-state index contributed by atoms with van der Waals surface area (Å²) in [7, 11) is -8.95. The molecule has 1 saturated heterocycles. The average molecular weight is 987 g/mol. The Balaban J connectivity index is 1.21. The summed E-state index contributed by atoms with van der Waals surface area (Å²) in [5.74, 6) is -1.65. The number of benzene rings is 5. The minimum Gasteiger partial charge on any atom is -0.344 e. The SMILES string of the molecule is CCCC[N+]1=C(/C=C/C(=C/C=C2/N(CCC)c3ccc4c(S(=O)(=O)O)cccc4c3C2(C)C)c2cccc(CCCCC(=O)ON3C(=O)CCC3=O)c2)C(C)(C)c2c1ccc1ccc(S(=O)(=O)O)cc21. The molecule has 5 aromatic rings. The Hall–Kier alpha value is -6.26. The van der Waals surface area contributed by atoms with E-state index < -0.39 is 48.8 Å². The van der Waals surface area contributed by atoms with E-state index in [1.165, 1.54) is 12.1 Å². The van der Waals surface area contributed by atoms with Crippen molar-refractivity contribution in [1.29, 1.82) is 0 Å². The highest BCUT2D eigenvalue weighted by Gasteiger charge is 2.46. The van der Waals surface area contributed by atoms with Gasteiger partial charge in [-0.15, -0.1) is 5.06 Å². The number of allylic oxidation sites excluding steroid dienone is 6. The molecule has 366 valence electrons. The van der Waals surface area contributed by atoms with E-state index in [2.05, 4.69) is 93.5 Å². The van der Waals surface area contributed by atoms with Crippen molar-refractivity contribution in [1.82, 2.24) is 5.06 Å². The molecular formula is C55H60N3O10S2+. The van der Waals surface area contributed by atoms with Crippen LogP contribution in [0.2, 0.25) is 0 Å². The van der Waals surface area contributed by atoms with E-state index in [1.807, 2.05) is 30.3 Å². The molecule has 0 aromatic heterocycles. The van der Waals surface area contributed by atoms with Crippen LogP contribution < -0.4 is 4.90 Å². The summed E-state index contributed by atoms with van der Waals surface area (Å²) in [4.78, 5) is 43.6. The first-order chi connectivity index (χ1) is 33.2. The van der Waals surface area contributed by atoms with Gasteiger partial charge in [0.2, 0.25) is 5.69 Å². The number of anilines is 1. The molecule has 0 spiro atoms. The predicted molar refractivity (Wildman–Crippen MR) is 272 cm³/mol. The van der Waals surface area contributed by atoms with Crippen molar-refractivity contribution in [3.05, 3.63) is 137 Å². The van der Waals surface area contributed by atoms with Crippen LogP contribution in [0.1, 0.15) is 115 Å². The Labute approximate surface area is 410 Å². The fourth-order valence-corrected chi connectivity index (χ4v) is 11.7. The van der Waals surface area contributed by atoms with E-state index >= 15 is 0 Å². The van der Waals surface area contributed by atoms with Gasteiger partial charge >= 0.3 is 5.97 Å². The summed E-state index contributed by atoms with van der Waals surface area (Å²) in [6.45, 7) is 14.2. The molecule has 0 saturated carbocycles. The third-order valence-corrected chi connectivity index (χ3v) is 15.6. The minimum atomic E-state index is -4.49. The van der Waals surface area contributed by atoms with Gasteiger partial charge < -0.3 is 9.74 Å². The third kappa shape index (κ3) is 9.64. The number of carbonyl (C=O) groups is 3. The zero-order chi connectivity index (χ0) is 50.3. The van der Waals surface area contributed by atoms with Gasteiger partial charge in [-0.2, -0.15) is 21.4 Å². The zero-order valence-electron chi connectivity index (χ0n) is 40.5. The number of nitrogens with zero attached hydrogens (tertiary/aromatic N) is 3. The summed E-state index contributed by atoms with van der Waals surface area (Å²) in [6, 6.07) is 25.7. The summed E-state index contributed by atoms with van der Waals surface area (Å²) < 4.78 is 72.4. The normalized spacial score (nSPS) is 17.5. The number of hydroxylamine groups is 2. The Kier molecular flexibility index (Phi) is 14.0. The minimum absolute atomic E-state index is 0.0324. The standard InChI is InChI=1S/C55H59N3O10S2/c1-7-9-33-57-44-26-21-38-20-24-40(69(62,63)64)35-43(38)53(44)55(5,6)48(57)29-23-37(39-16-12-15-36(34-39)14-10-11-19-51(61)68-58-49(59)30-31-50(58)60)22-28-47-54(3,4)52-42-17-13-18-46(70(65,66)67)41(42)25-27-45(52)56(47)32-8-2/h12-13,15-18,20-29,34-35H,7-11,14,19,30-33H2,1-6H3,(H-,62,63,64,65,66,67)/p+1. The van der Waals surface area contributed by atoms with Gasteiger partial charge in [0.1, 0.15) is 11.4 Å². The van der Waals surface area contributed by atoms with Gasteiger partial charge in [-0.05, 0) is 120 Å². The van der Waals surface area contributed by atoms with E-state index in [0.717, 1.165) is 92.6 Å². The number of hydrogen-bond acceptors (Lipinski definition) is 9. The first-order valence-corrected chi connectivity index (χ1v) is 26.8. The molecule has 3 aliphatic heterocycles. The second kappa shape index (κ2) is 19.5. The molecule has 2 N–H and O–H groups in total. The monoisotopic (exact) mass is 986 g/mol. The maximum atomic E-state index is 12.6. The second-order valence-electron chi connectivity index (χ2n) is 19.4. The molecule has 3 aliphatic rings. The van der Waals surface area contributed by atoms with Gasteiger partial charge in [0.15, 0.2) is 5.71 Å². The van der Waals surface area contributed by atoms with E-state index in [1.54, 1.807) is 24.3 Å². The maximum Gasteiger partial charge on any atom is 0.333 e. The number of rotatable bonds is 17. The molecule has 5 aromatic carbocycles. The quantitative estimate of drug-likeness (QED) is 0.0298. The smallest absolute Gasteiger partial charge is 0.333 e. The number of fused-ring (bicyclic) bond motifs is 6. The number of hydrogen-bond donors (Lipinski definition) is 2. The Morgan fingerprint density at radius 1 is 0.771 bits per heavy atom. The first kappa shape index (κ1) is 50.1. The van der Waals surface area contributed by atoms with Crippen LogP contribution in [0.4, 0.5) is 11.4 Å². The predicted octanol–water partition coefficient (Wildman–Crippen LogP) is 10.7. The maximum absolute atomic E-state index is 12.6. The highest BCUT2D eigenvalue weighted by atomic mass is 32.2. The number of unbranched alkanes of at least 4 members (excludes halogenated alkanes) is 2. The van der Waals surface area contributed by atoms with Gasteiger partial charge in [0.05, 0.1) is 10.3 Å². The van der Waals surface area contributed by atoms with Crippen molar-refractivity contribution >= 4 is 82.2 Å². The highest BCUT2D eigenvalue weighted by molar-refractivity contribution is 7.86. The third-order valence-electron chi connectivity index (χ3n) is 13.8. The van der Waals surface area contributed by atoms with Crippen LogP contribution in [-0.2, 0) is 56.7 Å². The molecule has 8 rings (SSSR count). The summed E-state index contributed by atoms with van der Waals surface area (Å²) in [6.07, 6.45) is 13.1. The lowest BCUT2D eigenvalue weighted by atomic mass is 9.79. The molecule has 0 atom stereocenters. The second-order valence-corrected chi connectivity index (χ2v) is 22.2. The summed E-state index contributed by atoms with van der Waals surface area (Å²) in [5, 5.41) is 3.37. The van der Waals surface area contributed by atoms with Crippen molar-refractivity contribution in [3.63, 3.8) is 0 Å². The van der Waals surface area contributed by atoms with Crippen molar-refractivity contribution in [2.45, 2.75) is 120 Å². The van der Waals surface area contributed by atoms with E-state index in [-0.39, 0.29) is 29.1 Å². The lowest BCUT2D eigenvalue weighted by Gasteiger charge is -2.27. The molecule has 13 nitrogen and oxygen atoms in total. The summed E-state index contributed by atoms with van der Waals surface area (Å²) >= 11 is 0. The average Bonchev–Trinajstić information content (AvgIpc) is 3.83. The van der Waals surface area contributed by atoms with Crippen LogP contribution in [0.15, 0.2) is 125 Å². The van der Waals surface area contributed by atoms with Gasteiger partial charge in [0.25, 0.3) is 32.1 Å². The molecule has 1 fully saturated rings. The van der Waals surface area contributed by atoms with Crippen LogP contribution >= 0.6 is 0 Å². The topological polar surface area (TPSA) is 179 Å². The van der Waals surface area contributed by atoms with Crippen LogP contribution in [0.5, 0.6) is 0 Å². The molecule has 2 amide bonds.